The van der Waals surface area contributed by atoms with E-state index in [9.17, 15) is 9.90 Å². The van der Waals surface area contributed by atoms with Gasteiger partial charge in [-0.25, -0.2) is 0 Å². The van der Waals surface area contributed by atoms with Crippen LogP contribution in [-0.2, 0) is 4.79 Å². The summed E-state index contributed by atoms with van der Waals surface area (Å²) < 4.78 is 1.60. The molecule has 108 valence electrons. The molecule has 2 N–H and O–H groups in total. The molecule has 1 aromatic heterocycles. The number of amides is 1. The van der Waals surface area contributed by atoms with Crippen LogP contribution in [0.4, 0.5) is 0 Å². The number of hydrogen-bond donors (Lipinski definition) is 2. The van der Waals surface area contributed by atoms with Gasteiger partial charge in [-0.3, -0.25) is 9.48 Å². The standard InChI is InChI=1S/C14H25N3O2/c1-11(2)6-7-14(4,19)10-15-13(18)12(3)17-9-5-8-16-17/h5,8-9,11-12,19H,6-7,10H2,1-4H3,(H,15,18). The summed E-state index contributed by atoms with van der Waals surface area (Å²) >= 11 is 0. The molecule has 0 aromatic carbocycles. The van der Waals surface area contributed by atoms with Crippen LogP contribution < -0.4 is 5.32 Å². The van der Waals surface area contributed by atoms with Crippen LogP contribution in [-0.4, -0.2) is 32.9 Å². The molecule has 0 spiro atoms. The Morgan fingerprint density at radius 3 is 2.68 bits per heavy atom. The summed E-state index contributed by atoms with van der Waals surface area (Å²) in [6, 6.07) is 1.42. The number of nitrogens with one attached hydrogen (secondary N) is 1. The lowest BCUT2D eigenvalue weighted by Crippen LogP contribution is -2.43. The third-order valence-electron chi connectivity index (χ3n) is 3.20. The molecule has 0 saturated heterocycles. The molecule has 2 unspecified atom stereocenters. The van der Waals surface area contributed by atoms with Crippen LogP contribution in [0.25, 0.3) is 0 Å². The van der Waals surface area contributed by atoms with Gasteiger partial charge in [0.25, 0.3) is 0 Å². The van der Waals surface area contributed by atoms with E-state index in [4.69, 9.17) is 0 Å². The van der Waals surface area contributed by atoms with Crippen molar-refractivity contribution in [3.63, 3.8) is 0 Å². The van der Waals surface area contributed by atoms with E-state index in [-0.39, 0.29) is 18.5 Å². The SMILES string of the molecule is CC(C)CCC(C)(O)CNC(=O)C(C)n1cccn1. The quantitative estimate of drug-likeness (QED) is 0.791. The van der Waals surface area contributed by atoms with Gasteiger partial charge >= 0.3 is 0 Å². The summed E-state index contributed by atoms with van der Waals surface area (Å²) in [5, 5.41) is 17.0. The third-order valence-corrected chi connectivity index (χ3v) is 3.20. The van der Waals surface area contributed by atoms with E-state index in [1.807, 2.05) is 0 Å². The minimum Gasteiger partial charge on any atom is -0.388 e. The van der Waals surface area contributed by atoms with E-state index < -0.39 is 5.60 Å². The number of carbonyl (C=O) groups is 1. The van der Waals surface area contributed by atoms with E-state index in [1.54, 1.807) is 37.0 Å². The van der Waals surface area contributed by atoms with Crippen molar-refractivity contribution in [3.8, 4) is 0 Å². The minimum atomic E-state index is -0.857. The van der Waals surface area contributed by atoms with Crippen LogP contribution in [0.1, 0.15) is 46.6 Å². The van der Waals surface area contributed by atoms with Gasteiger partial charge in [0.15, 0.2) is 0 Å². The van der Waals surface area contributed by atoms with Gasteiger partial charge in [-0.1, -0.05) is 13.8 Å². The van der Waals surface area contributed by atoms with Crippen molar-refractivity contribution in [1.82, 2.24) is 15.1 Å². The fourth-order valence-corrected chi connectivity index (χ4v) is 1.74. The second kappa shape index (κ2) is 6.70. The van der Waals surface area contributed by atoms with Crippen LogP contribution in [0.15, 0.2) is 18.5 Å². The summed E-state index contributed by atoms with van der Waals surface area (Å²) in [4.78, 5) is 11.9. The molecule has 1 amide bonds. The zero-order chi connectivity index (χ0) is 14.5. The Kier molecular flexibility index (Phi) is 5.54. The second-order valence-corrected chi connectivity index (χ2v) is 5.81. The lowest BCUT2D eigenvalue weighted by molar-refractivity contribution is -0.125. The Morgan fingerprint density at radius 2 is 2.16 bits per heavy atom. The number of aliphatic hydroxyl groups is 1. The van der Waals surface area contributed by atoms with Crippen LogP contribution in [0.2, 0.25) is 0 Å². The van der Waals surface area contributed by atoms with Gasteiger partial charge in [0, 0.05) is 18.9 Å². The summed E-state index contributed by atoms with van der Waals surface area (Å²) in [6.07, 6.45) is 5.02. The molecule has 0 radical (unpaired) electrons. The van der Waals surface area contributed by atoms with Gasteiger partial charge in [0.1, 0.15) is 6.04 Å². The molecule has 5 nitrogen and oxygen atoms in total. The van der Waals surface area contributed by atoms with Crippen LogP contribution >= 0.6 is 0 Å². The maximum atomic E-state index is 11.9. The fraction of sp³-hybridized carbons (Fsp3) is 0.714. The van der Waals surface area contributed by atoms with Gasteiger partial charge in [-0.15, -0.1) is 0 Å². The van der Waals surface area contributed by atoms with Crippen molar-refractivity contribution in [2.24, 2.45) is 5.92 Å². The molecule has 0 aliphatic heterocycles. The van der Waals surface area contributed by atoms with Crippen molar-refractivity contribution < 1.29 is 9.90 Å². The van der Waals surface area contributed by atoms with E-state index in [1.165, 1.54) is 0 Å². The molecule has 0 saturated carbocycles. The Balaban J connectivity index is 2.41. The van der Waals surface area contributed by atoms with Gasteiger partial charge in [0.05, 0.1) is 5.60 Å². The summed E-state index contributed by atoms with van der Waals surface area (Å²) in [5.41, 5.74) is -0.857. The van der Waals surface area contributed by atoms with Crippen molar-refractivity contribution in [2.75, 3.05) is 6.54 Å². The molecule has 19 heavy (non-hydrogen) atoms. The van der Waals surface area contributed by atoms with Gasteiger partial charge in [0.2, 0.25) is 5.91 Å². The molecule has 0 fully saturated rings. The number of rotatable bonds is 7. The molecular formula is C14H25N3O2. The van der Waals surface area contributed by atoms with Crippen molar-refractivity contribution in [3.05, 3.63) is 18.5 Å². The molecule has 1 rings (SSSR count). The topological polar surface area (TPSA) is 67.2 Å². The van der Waals surface area contributed by atoms with Crippen LogP contribution in [0.3, 0.4) is 0 Å². The minimum absolute atomic E-state index is 0.131. The smallest absolute Gasteiger partial charge is 0.244 e. The maximum absolute atomic E-state index is 11.9. The molecule has 1 aromatic rings. The molecule has 2 atom stereocenters. The Labute approximate surface area is 115 Å². The normalized spacial score (nSPS) is 16.1. The number of aromatic nitrogens is 2. The lowest BCUT2D eigenvalue weighted by atomic mass is 9.95. The zero-order valence-electron chi connectivity index (χ0n) is 12.3. The van der Waals surface area contributed by atoms with E-state index in [2.05, 4.69) is 24.3 Å². The van der Waals surface area contributed by atoms with E-state index in [0.29, 0.717) is 12.3 Å². The first-order valence-corrected chi connectivity index (χ1v) is 6.81. The van der Waals surface area contributed by atoms with E-state index in [0.717, 1.165) is 6.42 Å². The first-order chi connectivity index (χ1) is 8.82. The first-order valence-electron chi connectivity index (χ1n) is 6.81. The molecule has 0 aliphatic carbocycles. The predicted molar refractivity (Wildman–Crippen MR) is 74.6 cm³/mol. The third kappa shape index (κ3) is 5.42. The molecule has 1 heterocycles. The number of hydrogen-bond acceptors (Lipinski definition) is 3. The highest BCUT2D eigenvalue weighted by Crippen LogP contribution is 2.15. The highest BCUT2D eigenvalue weighted by molar-refractivity contribution is 5.79. The van der Waals surface area contributed by atoms with Crippen LogP contribution in [0.5, 0.6) is 0 Å². The van der Waals surface area contributed by atoms with Gasteiger partial charge in [-0.2, -0.15) is 5.10 Å². The highest BCUT2D eigenvalue weighted by Gasteiger charge is 2.23. The zero-order valence-corrected chi connectivity index (χ0v) is 12.3. The Bertz CT molecular complexity index is 385. The number of carbonyl (C=O) groups excluding carboxylic acids is 1. The average Bonchev–Trinajstić information content (AvgIpc) is 2.86. The van der Waals surface area contributed by atoms with Crippen molar-refractivity contribution >= 4 is 5.91 Å². The summed E-state index contributed by atoms with van der Waals surface area (Å²) in [7, 11) is 0. The van der Waals surface area contributed by atoms with Crippen molar-refractivity contribution in [1.29, 1.82) is 0 Å². The predicted octanol–water partition coefficient (Wildman–Crippen LogP) is 1.75. The monoisotopic (exact) mass is 267 g/mol. The fourth-order valence-electron chi connectivity index (χ4n) is 1.74. The van der Waals surface area contributed by atoms with Crippen molar-refractivity contribution in [2.45, 2.75) is 52.2 Å². The maximum Gasteiger partial charge on any atom is 0.244 e. The largest absolute Gasteiger partial charge is 0.388 e. The highest BCUT2D eigenvalue weighted by atomic mass is 16.3. The summed E-state index contributed by atoms with van der Waals surface area (Å²) in [5.74, 6) is 0.415. The Hall–Kier alpha value is -1.36. The van der Waals surface area contributed by atoms with Gasteiger partial charge in [-0.05, 0) is 38.7 Å². The number of nitrogens with zero attached hydrogens (tertiary/aromatic N) is 2. The molecule has 0 aliphatic rings. The molecule has 0 bridgehead atoms. The first kappa shape index (κ1) is 15.7. The van der Waals surface area contributed by atoms with E-state index >= 15 is 0 Å². The lowest BCUT2D eigenvalue weighted by Gasteiger charge is -2.25. The average molecular weight is 267 g/mol. The van der Waals surface area contributed by atoms with Crippen LogP contribution in [0, 0.1) is 5.92 Å². The molecule has 5 heteroatoms. The summed E-state index contributed by atoms with van der Waals surface area (Å²) in [6.45, 7) is 8.05. The molecular weight excluding hydrogens is 242 g/mol. The van der Waals surface area contributed by atoms with Gasteiger partial charge < -0.3 is 10.4 Å². The second-order valence-electron chi connectivity index (χ2n) is 5.81. The Morgan fingerprint density at radius 1 is 1.47 bits per heavy atom.